The lowest BCUT2D eigenvalue weighted by molar-refractivity contribution is 0.112. The average Bonchev–Trinajstić information content (AvgIpc) is 2.84. The van der Waals surface area contributed by atoms with Gasteiger partial charge in [-0.15, -0.1) is 0 Å². The van der Waals surface area contributed by atoms with Gasteiger partial charge in [-0.25, -0.2) is 0 Å². The summed E-state index contributed by atoms with van der Waals surface area (Å²) >= 11 is 0. The largest absolute Gasteiger partial charge is 0.494 e. The molecule has 0 bridgehead atoms. The first kappa shape index (κ1) is 29.8. The number of ether oxygens (including phenoxy) is 1. The molecule has 180 valence electrons. The monoisotopic (exact) mass is 444 g/mol. The van der Waals surface area contributed by atoms with Crippen LogP contribution in [0.4, 0.5) is 0 Å². The molecule has 0 aliphatic rings. The van der Waals surface area contributed by atoms with Crippen molar-refractivity contribution < 1.29 is 19.7 Å². The van der Waals surface area contributed by atoms with E-state index >= 15 is 0 Å². The summed E-state index contributed by atoms with van der Waals surface area (Å²) in [6.07, 6.45) is 11.7. The lowest BCUT2D eigenvalue weighted by Crippen LogP contribution is -1.97. The lowest BCUT2D eigenvalue weighted by Gasteiger charge is -2.07. The molecule has 1 atom stereocenters. The first-order valence-corrected chi connectivity index (χ1v) is 12.0. The molecule has 0 fully saturated rings. The number of aliphatic hydroxyl groups excluding tert-OH is 2. The van der Waals surface area contributed by atoms with E-state index in [1.54, 1.807) is 0 Å². The molecule has 2 N–H and O–H groups in total. The maximum Gasteiger partial charge on any atom is 0.150 e. The molecule has 0 heterocycles. The van der Waals surface area contributed by atoms with Gasteiger partial charge in [-0.1, -0.05) is 95.2 Å². The van der Waals surface area contributed by atoms with Crippen molar-refractivity contribution in [1.82, 2.24) is 0 Å². The summed E-state index contributed by atoms with van der Waals surface area (Å²) in [7, 11) is 1.00. The topological polar surface area (TPSA) is 66.8 Å². The van der Waals surface area contributed by atoms with Gasteiger partial charge in [-0.2, -0.15) is 0 Å². The third-order valence-electron chi connectivity index (χ3n) is 4.98. The smallest absolute Gasteiger partial charge is 0.150 e. The summed E-state index contributed by atoms with van der Waals surface area (Å²) in [5.74, 6) is 0.916. The van der Waals surface area contributed by atoms with Crippen LogP contribution in [0.1, 0.15) is 88.9 Å². The molecule has 1 unspecified atom stereocenters. The number of carbonyl (C=O) groups excluding carboxylic acids is 1. The Morgan fingerprint density at radius 2 is 1.28 bits per heavy atom. The Morgan fingerprint density at radius 3 is 1.75 bits per heavy atom. The molecule has 4 nitrogen and oxygen atoms in total. The van der Waals surface area contributed by atoms with E-state index in [-0.39, 0.29) is 6.10 Å². The molecule has 2 aromatic rings. The molecule has 0 aliphatic carbocycles. The van der Waals surface area contributed by atoms with Gasteiger partial charge in [0, 0.05) is 12.7 Å². The fourth-order valence-electron chi connectivity index (χ4n) is 3.08. The quantitative estimate of drug-likeness (QED) is 0.256. The van der Waals surface area contributed by atoms with Gasteiger partial charge in [-0.05, 0) is 43.0 Å². The highest BCUT2D eigenvalue weighted by molar-refractivity contribution is 5.76. The number of carbonyl (C=O) groups is 1. The fraction of sp³-hybridized carbons (Fsp3) is 0.536. The molecule has 2 aromatic carbocycles. The SMILES string of the molecule is CCCCCCC(C)O.CCCCCCOc1ccc(-c2ccc(C=O)cc2)cc1.CO. The summed E-state index contributed by atoms with van der Waals surface area (Å²) in [4.78, 5) is 10.6. The van der Waals surface area contributed by atoms with Crippen molar-refractivity contribution in [2.24, 2.45) is 0 Å². The summed E-state index contributed by atoms with van der Waals surface area (Å²) in [5, 5.41) is 15.9. The van der Waals surface area contributed by atoms with Crippen LogP contribution in [0.5, 0.6) is 5.75 Å². The predicted octanol–water partition coefficient (Wildman–Crippen LogP) is 7.07. The summed E-state index contributed by atoms with van der Waals surface area (Å²) < 4.78 is 5.73. The van der Waals surface area contributed by atoms with Gasteiger partial charge in [0.05, 0.1) is 12.7 Å². The Kier molecular flexibility index (Phi) is 19.3. The van der Waals surface area contributed by atoms with E-state index in [0.717, 1.165) is 49.7 Å². The van der Waals surface area contributed by atoms with Crippen LogP contribution < -0.4 is 4.74 Å². The Hall–Kier alpha value is -2.17. The van der Waals surface area contributed by atoms with Crippen molar-refractivity contribution >= 4 is 6.29 Å². The molecule has 0 aromatic heterocycles. The highest BCUT2D eigenvalue weighted by atomic mass is 16.5. The molecule has 0 amide bonds. The first-order valence-electron chi connectivity index (χ1n) is 12.0. The van der Waals surface area contributed by atoms with Gasteiger partial charge in [0.25, 0.3) is 0 Å². The standard InChI is InChI=1S/C19H22O2.C8H18O.CH4O/c1-2-3-4-5-14-21-19-12-10-18(11-13-19)17-8-6-16(15-20)7-9-17;1-3-4-5-6-7-8(2)9;1-2/h6-13,15H,2-5,14H2,1H3;8-9H,3-7H2,1-2H3;2H,1H3. The van der Waals surface area contributed by atoms with E-state index in [4.69, 9.17) is 14.9 Å². The van der Waals surface area contributed by atoms with Crippen molar-refractivity contribution in [1.29, 1.82) is 0 Å². The number of aldehydes is 1. The Morgan fingerprint density at radius 1 is 0.781 bits per heavy atom. The molecule has 0 saturated carbocycles. The van der Waals surface area contributed by atoms with E-state index in [1.807, 2.05) is 43.3 Å². The first-order chi connectivity index (χ1) is 15.6. The third kappa shape index (κ3) is 14.8. The minimum absolute atomic E-state index is 0.0955. The summed E-state index contributed by atoms with van der Waals surface area (Å²) in [5.41, 5.74) is 2.94. The second-order valence-corrected chi connectivity index (χ2v) is 7.87. The zero-order valence-corrected chi connectivity index (χ0v) is 20.6. The van der Waals surface area contributed by atoms with Gasteiger partial charge < -0.3 is 14.9 Å². The van der Waals surface area contributed by atoms with E-state index in [2.05, 4.69) is 26.0 Å². The molecular formula is C28H44O4. The van der Waals surface area contributed by atoms with Gasteiger partial charge in [0.2, 0.25) is 0 Å². The Labute approximate surface area is 195 Å². The predicted molar refractivity (Wildman–Crippen MR) is 135 cm³/mol. The maximum atomic E-state index is 10.6. The van der Waals surface area contributed by atoms with Crippen molar-refractivity contribution in [3.63, 3.8) is 0 Å². The molecule has 4 heteroatoms. The van der Waals surface area contributed by atoms with Crippen molar-refractivity contribution in [3.05, 3.63) is 54.1 Å². The van der Waals surface area contributed by atoms with E-state index < -0.39 is 0 Å². The minimum Gasteiger partial charge on any atom is -0.494 e. The van der Waals surface area contributed by atoms with Crippen LogP contribution in [-0.2, 0) is 0 Å². The van der Waals surface area contributed by atoms with Crippen LogP contribution in [0.15, 0.2) is 48.5 Å². The Bertz CT molecular complexity index is 663. The van der Waals surface area contributed by atoms with Gasteiger partial charge in [0.1, 0.15) is 12.0 Å². The van der Waals surface area contributed by atoms with Crippen molar-refractivity contribution in [2.45, 2.75) is 84.7 Å². The zero-order chi connectivity index (χ0) is 24.0. The van der Waals surface area contributed by atoms with Crippen molar-refractivity contribution in [3.8, 4) is 16.9 Å². The number of rotatable bonds is 13. The van der Waals surface area contributed by atoms with Gasteiger partial charge in [0.15, 0.2) is 0 Å². The van der Waals surface area contributed by atoms with Crippen LogP contribution in [-0.4, -0.2) is 36.3 Å². The second kappa shape index (κ2) is 20.7. The number of unbranched alkanes of at least 4 members (excludes halogenated alkanes) is 6. The zero-order valence-electron chi connectivity index (χ0n) is 20.6. The number of aliphatic hydroxyl groups is 2. The van der Waals surface area contributed by atoms with Gasteiger partial charge in [-0.3, -0.25) is 4.79 Å². The number of hydrogen-bond acceptors (Lipinski definition) is 4. The lowest BCUT2D eigenvalue weighted by atomic mass is 10.0. The Balaban J connectivity index is 0.000000738. The molecule has 32 heavy (non-hydrogen) atoms. The van der Waals surface area contributed by atoms with Crippen LogP contribution in [0.3, 0.4) is 0 Å². The third-order valence-corrected chi connectivity index (χ3v) is 4.98. The van der Waals surface area contributed by atoms with Crippen LogP contribution in [0, 0.1) is 0 Å². The van der Waals surface area contributed by atoms with E-state index in [0.29, 0.717) is 5.56 Å². The van der Waals surface area contributed by atoms with Crippen LogP contribution >= 0.6 is 0 Å². The van der Waals surface area contributed by atoms with Crippen LogP contribution in [0.2, 0.25) is 0 Å². The highest BCUT2D eigenvalue weighted by Gasteiger charge is 1.99. The molecule has 0 saturated heterocycles. The number of benzene rings is 2. The maximum absolute atomic E-state index is 10.6. The minimum atomic E-state index is -0.0955. The molecule has 0 spiro atoms. The highest BCUT2D eigenvalue weighted by Crippen LogP contribution is 2.22. The average molecular weight is 445 g/mol. The van der Waals surface area contributed by atoms with Crippen molar-refractivity contribution in [2.75, 3.05) is 13.7 Å². The normalized spacial score (nSPS) is 10.8. The summed E-state index contributed by atoms with van der Waals surface area (Å²) in [6.45, 7) is 7.04. The number of hydrogen-bond donors (Lipinski definition) is 2. The molecular weight excluding hydrogens is 400 g/mol. The van der Waals surface area contributed by atoms with Gasteiger partial charge >= 0.3 is 0 Å². The van der Waals surface area contributed by atoms with Crippen LogP contribution in [0.25, 0.3) is 11.1 Å². The molecule has 2 rings (SSSR count). The molecule has 0 aliphatic heterocycles. The fourth-order valence-corrected chi connectivity index (χ4v) is 3.08. The second-order valence-electron chi connectivity index (χ2n) is 7.87. The van der Waals surface area contributed by atoms with E-state index in [1.165, 1.54) is 44.9 Å². The summed E-state index contributed by atoms with van der Waals surface area (Å²) in [6, 6.07) is 15.7. The van der Waals surface area contributed by atoms with E-state index in [9.17, 15) is 4.79 Å². The molecule has 0 radical (unpaired) electrons.